The summed E-state index contributed by atoms with van der Waals surface area (Å²) < 4.78 is 10.5. The van der Waals surface area contributed by atoms with Gasteiger partial charge in [-0.05, 0) is 48.5 Å². The Balaban J connectivity index is 0.00000242. The summed E-state index contributed by atoms with van der Waals surface area (Å²) >= 11 is 1.64. The van der Waals surface area contributed by atoms with E-state index >= 15 is 0 Å². The Morgan fingerprint density at radius 1 is 0.696 bits per heavy atom. The number of hydrogen-bond acceptors (Lipinski definition) is 3. The van der Waals surface area contributed by atoms with Crippen LogP contribution in [0.3, 0.4) is 0 Å². The SMILES string of the molecule is [Au+].[Au+].[C-]#CCOc1ccc(Sc2ccc(OCC#[C-])cc2)cc1. The van der Waals surface area contributed by atoms with Crippen molar-refractivity contribution < 1.29 is 54.2 Å². The van der Waals surface area contributed by atoms with Gasteiger partial charge in [0, 0.05) is 9.79 Å². The van der Waals surface area contributed by atoms with Crippen molar-refractivity contribution in [1.29, 1.82) is 0 Å². The molecule has 0 atom stereocenters. The van der Waals surface area contributed by atoms with Gasteiger partial charge in [-0.3, -0.25) is 0 Å². The van der Waals surface area contributed by atoms with Gasteiger partial charge in [-0.25, -0.2) is 0 Å². The van der Waals surface area contributed by atoms with E-state index in [0.717, 1.165) is 21.3 Å². The van der Waals surface area contributed by atoms with Gasteiger partial charge in [0.05, 0.1) is 0 Å². The molecule has 0 aromatic heterocycles. The van der Waals surface area contributed by atoms with Gasteiger partial charge < -0.3 is 34.2 Å². The van der Waals surface area contributed by atoms with Crippen LogP contribution in [0, 0.1) is 24.7 Å². The van der Waals surface area contributed by atoms with Crippen LogP contribution in [0.15, 0.2) is 58.3 Å². The molecule has 2 nitrogen and oxygen atoms in total. The maximum Gasteiger partial charge on any atom is 1.00 e. The van der Waals surface area contributed by atoms with Gasteiger partial charge in [0.1, 0.15) is 24.7 Å². The van der Waals surface area contributed by atoms with Gasteiger partial charge in [0.2, 0.25) is 0 Å². The summed E-state index contributed by atoms with van der Waals surface area (Å²) in [6.45, 7) is 0.336. The molecule has 0 aliphatic heterocycles. The Bertz CT molecular complexity index is 596. The van der Waals surface area contributed by atoms with E-state index in [1.54, 1.807) is 11.8 Å². The van der Waals surface area contributed by atoms with Crippen LogP contribution >= 0.6 is 11.8 Å². The van der Waals surface area contributed by atoms with E-state index in [-0.39, 0.29) is 58.0 Å². The maximum absolute atomic E-state index is 6.80. The minimum Gasteiger partial charge on any atom is -0.690 e. The summed E-state index contributed by atoms with van der Waals surface area (Å²) in [7, 11) is 0. The van der Waals surface area contributed by atoms with Crippen LogP contribution in [0.5, 0.6) is 11.5 Å². The average molecular weight is 686 g/mol. The third kappa shape index (κ3) is 7.88. The first-order valence-corrected chi connectivity index (χ1v) is 7.06. The van der Waals surface area contributed by atoms with E-state index < -0.39 is 0 Å². The molecule has 0 heterocycles. The zero-order valence-corrected chi connectivity index (χ0v) is 17.0. The molecule has 0 aliphatic rings. The van der Waals surface area contributed by atoms with Crippen molar-refractivity contribution in [2.24, 2.45) is 0 Å². The van der Waals surface area contributed by atoms with Crippen molar-refractivity contribution in [1.82, 2.24) is 0 Å². The molecule has 0 bridgehead atoms. The Kier molecular flexibility index (Phi) is 11.9. The zero-order valence-electron chi connectivity index (χ0n) is 11.9. The van der Waals surface area contributed by atoms with E-state index in [0.29, 0.717) is 0 Å². The first-order valence-electron chi connectivity index (χ1n) is 6.24. The summed E-state index contributed by atoms with van der Waals surface area (Å²) in [6.07, 6.45) is 13.6. The molecule has 0 radical (unpaired) electrons. The molecule has 0 amide bonds. The molecule has 0 unspecified atom stereocenters. The molecule has 2 aromatic rings. The third-order valence-corrected chi connectivity index (χ3v) is 3.52. The summed E-state index contributed by atoms with van der Waals surface area (Å²) in [5.74, 6) is 5.82. The van der Waals surface area contributed by atoms with Crippen molar-refractivity contribution in [3.8, 4) is 23.3 Å². The molecule has 23 heavy (non-hydrogen) atoms. The van der Waals surface area contributed by atoms with Gasteiger partial charge in [-0.15, -0.1) is 0 Å². The van der Waals surface area contributed by atoms with Crippen molar-refractivity contribution in [2.75, 3.05) is 13.2 Å². The van der Waals surface area contributed by atoms with Gasteiger partial charge in [0.25, 0.3) is 0 Å². The Morgan fingerprint density at radius 3 is 1.35 bits per heavy atom. The second-order valence-electron chi connectivity index (χ2n) is 3.98. The van der Waals surface area contributed by atoms with E-state index in [1.165, 1.54) is 0 Å². The second kappa shape index (κ2) is 12.4. The monoisotopic (exact) mass is 686 g/mol. The molecule has 2 aromatic carbocycles. The minimum absolute atomic E-state index is 0. The van der Waals surface area contributed by atoms with E-state index in [4.69, 9.17) is 22.3 Å². The quantitative estimate of drug-likeness (QED) is 0.262. The van der Waals surface area contributed by atoms with Crippen LogP contribution in [0.4, 0.5) is 0 Å². The molecule has 0 saturated carbocycles. The third-order valence-electron chi connectivity index (χ3n) is 2.51. The summed E-state index contributed by atoms with van der Waals surface area (Å²) in [5, 5.41) is 0. The molecular weight excluding hydrogens is 674 g/mol. The fraction of sp³-hybridized carbons (Fsp3) is 0.111. The molecule has 0 N–H and O–H groups in total. The minimum atomic E-state index is 0. The molecule has 0 aliphatic carbocycles. The Labute approximate surface area is 172 Å². The summed E-state index contributed by atoms with van der Waals surface area (Å²) in [4.78, 5) is 2.20. The van der Waals surface area contributed by atoms with Crippen LogP contribution < -0.4 is 9.47 Å². The predicted molar refractivity (Wildman–Crippen MR) is 82.3 cm³/mol. The molecule has 0 saturated heterocycles. The molecular formula is C18H12Au2O2S. The smallest absolute Gasteiger partial charge is 0.690 e. The van der Waals surface area contributed by atoms with E-state index in [2.05, 4.69) is 11.8 Å². The normalized spacial score (nSPS) is 8.61. The second-order valence-corrected chi connectivity index (χ2v) is 5.12. The van der Waals surface area contributed by atoms with Crippen molar-refractivity contribution in [2.45, 2.75) is 9.79 Å². The fourth-order valence-electron chi connectivity index (χ4n) is 1.58. The van der Waals surface area contributed by atoms with E-state index in [9.17, 15) is 0 Å². The Morgan fingerprint density at radius 2 is 1.04 bits per heavy atom. The van der Waals surface area contributed by atoms with Gasteiger partial charge in [-0.2, -0.15) is 0 Å². The van der Waals surface area contributed by atoms with Gasteiger partial charge >= 0.3 is 44.8 Å². The molecule has 2 rings (SSSR count). The van der Waals surface area contributed by atoms with Crippen LogP contribution in [0.25, 0.3) is 0 Å². The summed E-state index contributed by atoms with van der Waals surface area (Å²) in [5.41, 5.74) is 0. The summed E-state index contributed by atoms with van der Waals surface area (Å²) in [6, 6.07) is 15.4. The number of hydrogen-bond donors (Lipinski definition) is 0. The van der Waals surface area contributed by atoms with E-state index in [1.807, 2.05) is 48.5 Å². The molecule has 124 valence electrons. The largest absolute Gasteiger partial charge is 1.00 e. The molecule has 0 spiro atoms. The number of benzene rings is 2. The number of rotatable bonds is 6. The van der Waals surface area contributed by atoms with Crippen molar-refractivity contribution >= 4 is 11.8 Å². The topological polar surface area (TPSA) is 18.5 Å². The standard InChI is InChI=1S/C18H12O2S.2Au/c1-3-13-19-15-5-9-17(10-6-15)21-18-11-7-16(8-12-18)20-14-4-2;;/h5-12H,13-14H2;;/q-2;2*+1. The molecule has 0 fully saturated rings. The van der Waals surface area contributed by atoms with Crippen LogP contribution in [-0.2, 0) is 44.8 Å². The first kappa shape index (κ1) is 22.0. The average Bonchev–Trinajstić information content (AvgIpc) is 2.53. The Hall–Kier alpha value is -1.01. The van der Waals surface area contributed by atoms with Crippen LogP contribution in [-0.4, -0.2) is 13.2 Å². The van der Waals surface area contributed by atoms with Gasteiger partial charge in [-0.1, -0.05) is 11.8 Å². The first-order chi connectivity index (χ1) is 10.3. The fourth-order valence-corrected chi connectivity index (χ4v) is 2.40. The van der Waals surface area contributed by atoms with Crippen molar-refractivity contribution in [3.05, 3.63) is 61.4 Å². The molecule has 5 heteroatoms. The maximum atomic E-state index is 6.80. The van der Waals surface area contributed by atoms with Crippen LogP contribution in [0.2, 0.25) is 0 Å². The van der Waals surface area contributed by atoms with Crippen molar-refractivity contribution in [3.63, 3.8) is 0 Å². The predicted octanol–water partition coefficient (Wildman–Crippen LogP) is 3.77. The van der Waals surface area contributed by atoms with Gasteiger partial charge in [0.15, 0.2) is 0 Å². The zero-order chi connectivity index (χ0) is 14.9. The van der Waals surface area contributed by atoms with Crippen LogP contribution in [0.1, 0.15) is 0 Å². The number of ether oxygens (including phenoxy) is 2.